The van der Waals surface area contributed by atoms with Crippen LogP contribution in [0.3, 0.4) is 0 Å². The first kappa shape index (κ1) is 21.3. The molecule has 0 saturated carbocycles. The zero-order chi connectivity index (χ0) is 22.6. The monoisotopic (exact) mass is 463 g/mol. The van der Waals surface area contributed by atoms with Crippen LogP contribution in [0.5, 0.6) is 0 Å². The van der Waals surface area contributed by atoms with Gasteiger partial charge in [-0.15, -0.1) is 0 Å². The van der Waals surface area contributed by atoms with E-state index in [0.717, 1.165) is 42.0 Å². The number of hydrogen-bond acceptors (Lipinski definition) is 8. The number of nitrogen functional groups attached to an aromatic ring is 1. The van der Waals surface area contributed by atoms with Gasteiger partial charge in [-0.05, 0) is 37.8 Å². The third-order valence-corrected chi connectivity index (χ3v) is 7.18. The van der Waals surface area contributed by atoms with Crippen LogP contribution in [0.15, 0.2) is 24.4 Å². The maximum Gasteiger partial charge on any atom is 0.171 e. The van der Waals surface area contributed by atoms with E-state index in [4.69, 9.17) is 10.5 Å². The molecule has 2 saturated heterocycles. The second-order valence-electron chi connectivity index (χ2n) is 8.24. The van der Waals surface area contributed by atoms with Gasteiger partial charge in [0, 0.05) is 7.05 Å². The fourth-order valence-electron chi connectivity index (χ4n) is 4.75. The molecule has 1 aromatic carbocycles. The molecule has 2 aliphatic heterocycles. The molecule has 0 aliphatic carbocycles. The number of nitrogens with zero attached hydrogens (tertiary/aromatic N) is 3. The van der Waals surface area contributed by atoms with Crippen molar-refractivity contribution in [3.8, 4) is 10.6 Å². The average molecular weight is 464 g/mol. The third-order valence-electron chi connectivity index (χ3n) is 6.26. The van der Waals surface area contributed by atoms with Crippen molar-refractivity contribution in [1.82, 2.24) is 14.8 Å². The first-order valence-corrected chi connectivity index (χ1v) is 11.1. The number of aryl methyl sites for hydroxylation is 1. The number of anilines is 2. The summed E-state index contributed by atoms with van der Waals surface area (Å²) in [5.74, 6) is -1.51. The number of benzene rings is 1. The molecule has 2 aliphatic rings. The predicted octanol–water partition coefficient (Wildman–Crippen LogP) is 3.04. The molecule has 11 heteroatoms. The number of aliphatic hydroxyl groups excluding tert-OH is 2. The lowest BCUT2D eigenvalue weighted by atomic mass is 9.89. The summed E-state index contributed by atoms with van der Waals surface area (Å²) in [6.07, 6.45) is 2.27. The molecule has 1 unspecified atom stereocenters. The Labute approximate surface area is 186 Å². The Balaban J connectivity index is 1.44. The molecule has 4 atom stereocenters. The minimum absolute atomic E-state index is 0.0437. The quantitative estimate of drug-likeness (QED) is 0.430. The minimum atomic E-state index is -1.33. The molecule has 2 bridgehead atoms. The smallest absolute Gasteiger partial charge is 0.171 e. The van der Waals surface area contributed by atoms with Crippen molar-refractivity contribution < 1.29 is 23.7 Å². The third kappa shape index (κ3) is 3.36. The van der Waals surface area contributed by atoms with Gasteiger partial charge < -0.3 is 26.0 Å². The largest absolute Gasteiger partial charge is 0.390 e. The fourth-order valence-corrected chi connectivity index (χ4v) is 5.66. The van der Waals surface area contributed by atoms with E-state index in [-0.39, 0.29) is 27.4 Å². The number of hydrogen-bond donors (Lipinski definition) is 4. The van der Waals surface area contributed by atoms with Gasteiger partial charge in [0.05, 0.1) is 35.3 Å². The summed E-state index contributed by atoms with van der Waals surface area (Å²) >= 11 is 0.896. The molecule has 0 radical (unpaired) electrons. The zero-order valence-corrected chi connectivity index (χ0v) is 18.1. The van der Waals surface area contributed by atoms with Gasteiger partial charge in [0.25, 0.3) is 0 Å². The Kier molecular flexibility index (Phi) is 5.16. The van der Waals surface area contributed by atoms with Crippen LogP contribution in [0.4, 0.5) is 19.5 Å². The van der Waals surface area contributed by atoms with E-state index in [1.807, 2.05) is 0 Å². The topological polar surface area (TPSA) is 118 Å². The lowest BCUT2D eigenvalue weighted by Crippen LogP contribution is -2.39. The van der Waals surface area contributed by atoms with Crippen molar-refractivity contribution in [2.45, 2.75) is 49.7 Å². The summed E-state index contributed by atoms with van der Waals surface area (Å²) in [5, 5.41) is 28.5. The fraction of sp³-hybridized carbons (Fsp3) is 0.429. The van der Waals surface area contributed by atoms with E-state index in [1.54, 1.807) is 17.9 Å². The first-order chi connectivity index (χ1) is 15.3. The number of aromatic nitrogens is 3. The van der Waals surface area contributed by atoms with Crippen molar-refractivity contribution in [2.24, 2.45) is 7.05 Å². The number of rotatable bonds is 5. The highest BCUT2D eigenvalue weighted by Gasteiger charge is 2.50. The highest BCUT2D eigenvalue weighted by molar-refractivity contribution is 7.18. The van der Waals surface area contributed by atoms with E-state index >= 15 is 0 Å². The number of halogens is 2. The molecule has 2 aromatic heterocycles. The average Bonchev–Trinajstić information content (AvgIpc) is 3.42. The summed E-state index contributed by atoms with van der Waals surface area (Å²) in [6.45, 7) is 0. The van der Waals surface area contributed by atoms with Crippen molar-refractivity contribution in [3.05, 3.63) is 47.4 Å². The van der Waals surface area contributed by atoms with Crippen LogP contribution in [-0.2, 0) is 17.4 Å². The molecule has 4 heterocycles. The van der Waals surface area contributed by atoms with E-state index in [0.29, 0.717) is 18.5 Å². The lowest BCUT2D eigenvalue weighted by Gasteiger charge is -2.36. The number of nitrogens with two attached hydrogens (primary N) is 1. The van der Waals surface area contributed by atoms with Crippen molar-refractivity contribution >= 4 is 22.0 Å². The van der Waals surface area contributed by atoms with Gasteiger partial charge in [-0.25, -0.2) is 13.8 Å². The maximum absolute atomic E-state index is 14.2. The van der Waals surface area contributed by atoms with Gasteiger partial charge in [0.2, 0.25) is 0 Å². The second kappa shape index (κ2) is 7.77. The molecule has 5 N–H and O–H groups in total. The normalized spacial score (nSPS) is 25.8. The molecule has 5 rings (SSSR count). The van der Waals surface area contributed by atoms with Crippen molar-refractivity contribution in [1.29, 1.82) is 0 Å². The molecular formula is C21H23F2N5O3S. The van der Waals surface area contributed by atoms with Crippen LogP contribution in [0, 0.1) is 11.6 Å². The van der Waals surface area contributed by atoms with Gasteiger partial charge in [-0.2, -0.15) is 5.10 Å². The summed E-state index contributed by atoms with van der Waals surface area (Å²) < 4.78 is 36.2. The SMILES string of the molecule is Cn1ncc(NC(O)c2nc(-c3c(F)cccc3F)sc2N)c1[C@]12CC[C@H](O1)[C@@H](O)CC2. The number of ether oxygens (including phenoxy) is 1. The van der Waals surface area contributed by atoms with Gasteiger partial charge in [0.15, 0.2) is 6.23 Å². The van der Waals surface area contributed by atoms with Crippen LogP contribution in [0.25, 0.3) is 10.6 Å². The molecule has 3 aromatic rings. The Morgan fingerprint density at radius 3 is 2.78 bits per heavy atom. The molecular weight excluding hydrogens is 440 g/mol. The van der Waals surface area contributed by atoms with Crippen LogP contribution in [-0.4, -0.2) is 37.2 Å². The van der Waals surface area contributed by atoms with Gasteiger partial charge in [-0.1, -0.05) is 17.4 Å². The van der Waals surface area contributed by atoms with Crippen LogP contribution < -0.4 is 11.1 Å². The van der Waals surface area contributed by atoms with Gasteiger partial charge in [0.1, 0.15) is 32.9 Å². The Bertz CT molecular complexity index is 1150. The summed E-state index contributed by atoms with van der Waals surface area (Å²) in [4.78, 5) is 4.21. The van der Waals surface area contributed by atoms with Gasteiger partial charge >= 0.3 is 0 Å². The lowest BCUT2D eigenvalue weighted by molar-refractivity contribution is -0.137. The standard InChI is InChI=1S/C21H23F2N5O3S/c1-28-17(21-7-5-13(29)14(31-21)6-8-21)12(9-25-28)26-19(30)16-18(24)32-20(27-16)15-10(22)3-2-4-11(15)23/h2-4,9,13-14,19,26,29-30H,5-8,24H2,1H3/t13-,14-,19?,21-/m0/s1. The maximum atomic E-state index is 14.2. The molecule has 0 amide bonds. The molecule has 8 nitrogen and oxygen atoms in total. The predicted molar refractivity (Wildman–Crippen MR) is 115 cm³/mol. The molecule has 32 heavy (non-hydrogen) atoms. The molecule has 170 valence electrons. The summed E-state index contributed by atoms with van der Waals surface area (Å²) in [5.41, 5.74) is 6.53. The highest BCUT2D eigenvalue weighted by atomic mass is 32.1. The van der Waals surface area contributed by atoms with E-state index in [1.165, 1.54) is 6.07 Å². The number of fused-ring (bicyclic) bond motifs is 2. The van der Waals surface area contributed by atoms with E-state index in [2.05, 4.69) is 15.4 Å². The Morgan fingerprint density at radius 2 is 2.03 bits per heavy atom. The van der Waals surface area contributed by atoms with Crippen LogP contribution in [0.1, 0.15) is 43.3 Å². The Hall–Kier alpha value is -2.60. The second-order valence-corrected chi connectivity index (χ2v) is 9.27. The first-order valence-electron chi connectivity index (χ1n) is 10.3. The molecule has 2 fully saturated rings. The van der Waals surface area contributed by atoms with Crippen LogP contribution >= 0.6 is 11.3 Å². The van der Waals surface area contributed by atoms with Crippen molar-refractivity contribution in [2.75, 3.05) is 11.1 Å². The molecule has 0 spiro atoms. The number of thiazole rings is 1. The van der Waals surface area contributed by atoms with Gasteiger partial charge in [-0.3, -0.25) is 4.68 Å². The zero-order valence-electron chi connectivity index (χ0n) is 17.3. The van der Waals surface area contributed by atoms with Crippen LogP contribution in [0.2, 0.25) is 0 Å². The Morgan fingerprint density at radius 1 is 1.31 bits per heavy atom. The number of aliphatic hydroxyl groups is 2. The summed E-state index contributed by atoms with van der Waals surface area (Å²) in [6, 6.07) is 3.55. The highest BCUT2D eigenvalue weighted by Crippen LogP contribution is 2.50. The summed E-state index contributed by atoms with van der Waals surface area (Å²) in [7, 11) is 1.79. The van der Waals surface area contributed by atoms with E-state index < -0.39 is 29.6 Å². The van der Waals surface area contributed by atoms with E-state index in [9.17, 15) is 19.0 Å². The van der Waals surface area contributed by atoms with Crippen molar-refractivity contribution in [3.63, 3.8) is 0 Å². The number of nitrogens with one attached hydrogen (secondary N) is 1. The minimum Gasteiger partial charge on any atom is -0.390 e.